The first-order valence-corrected chi connectivity index (χ1v) is 29.5. The fourth-order valence-corrected chi connectivity index (χ4v) is 12.1. The van der Waals surface area contributed by atoms with Crippen LogP contribution in [0.15, 0.2) is 54.0 Å². The maximum atomic E-state index is 11.1. The highest BCUT2D eigenvalue weighted by Gasteiger charge is 2.53. The molecule has 5 rings (SSSR count). The molecule has 2 aromatic rings. The molecule has 2 aromatic carbocycles. The number of allylic oxidation sites excluding steroid dienone is 4. The normalized spacial score (nSPS) is 18.1. The smallest absolute Gasteiger partial charge is 0.330 e. The van der Waals surface area contributed by atoms with Crippen LogP contribution in [0.5, 0.6) is 0 Å². The summed E-state index contributed by atoms with van der Waals surface area (Å²) >= 11 is 0. The molecule has 2 unspecified atom stereocenters. The van der Waals surface area contributed by atoms with Crippen molar-refractivity contribution in [2.75, 3.05) is 0 Å². The van der Waals surface area contributed by atoms with Crippen molar-refractivity contribution in [1.29, 1.82) is 0 Å². The summed E-state index contributed by atoms with van der Waals surface area (Å²) in [4.78, 5) is 0. The molecule has 70 heavy (non-hydrogen) atoms. The van der Waals surface area contributed by atoms with Crippen molar-refractivity contribution in [3.8, 4) is 11.1 Å². The molecule has 6 heteroatoms. The van der Waals surface area contributed by atoms with Crippen LogP contribution in [-0.2, 0) is 20.1 Å². The maximum Gasteiger partial charge on any atom is 0.330 e. The number of hydrogen-bond acceptors (Lipinski definition) is 4. The molecule has 2 radical (unpaired) electrons. The fourth-order valence-electron chi connectivity index (χ4n) is 12.1. The quantitative estimate of drug-likeness (QED) is 0.0528. The number of rotatable bonds is 36. The van der Waals surface area contributed by atoms with Crippen LogP contribution in [0.4, 0.5) is 0 Å². The molecule has 4 nitrogen and oxygen atoms in total. The predicted octanol–water partition coefficient (Wildman–Crippen LogP) is 17.4. The Hall–Kier alpha value is -2.11. The van der Waals surface area contributed by atoms with E-state index in [2.05, 4.69) is 76.3 Å². The van der Waals surface area contributed by atoms with Crippen LogP contribution in [0.2, 0.25) is 0 Å². The van der Waals surface area contributed by atoms with E-state index >= 15 is 0 Å². The molecule has 0 saturated carbocycles. The van der Waals surface area contributed by atoms with Gasteiger partial charge in [-0.05, 0) is 126 Å². The van der Waals surface area contributed by atoms with Gasteiger partial charge in [0.25, 0.3) is 0 Å². The fraction of sp³-hybridized carbons (Fsp3) is 0.750. The third-order valence-corrected chi connectivity index (χ3v) is 18.1. The molecule has 0 amide bonds. The van der Waals surface area contributed by atoms with Crippen molar-refractivity contribution in [3.05, 3.63) is 76.3 Å². The van der Waals surface area contributed by atoms with Gasteiger partial charge in [-0.3, -0.25) is 0 Å². The maximum absolute atomic E-state index is 11.1. The molecule has 2 N–H and O–H groups in total. The Morgan fingerprint density at radius 3 is 1.39 bits per heavy atom. The largest absolute Gasteiger partial charge is 0.427 e. The minimum absolute atomic E-state index is 0.0222. The Labute approximate surface area is 433 Å². The zero-order valence-corrected chi connectivity index (χ0v) is 47.4. The Balaban J connectivity index is 1.69. The first-order chi connectivity index (χ1) is 33.3. The molecular formula is C64H104B2O4. The van der Waals surface area contributed by atoms with E-state index in [0.29, 0.717) is 11.8 Å². The van der Waals surface area contributed by atoms with Crippen molar-refractivity contribution in [2.45, 2.75) is 302 Å². The van der Waals surface area contributed by atoms with Gasteiger partial charge in [0.1, 0.15) is 0 Å². The van der Waals surface area contributed by atoms with E-state index in [1.807, 2.05) is 70.4 Å². The predicted molar refractivity (Wildman–Crippen MR) is 304 cm³/mol. The molecule has 0 spiro atoms. The zero-order valence-electron chi connectivity index (χ0n) is 47.4. The molecule has 3 aliphatic rings. The van der Waals surface area contributed by atoms with Gasteiger partial charge in [-0.1, -0.05) is 235 Å². The minimum atomic E-state index is -0.993. The lowest BCUT2D eigenvalue weighted by molar-refractivity contribution is -0.0896. The van der Waals surface area contributed by atoms with Crippen molar-refractivity contribution < 1.29 is 19.5 Å². The Morgan fingerprint density at radius 1 is 0.486 bits per heavy atom. The van der Waals surface area contributed by atoms with Crippen molar-refractivity contribution >= 4 is 20.4 Å². The van der Waals surface area contributed by atoms with Crippen LogP contribution in [0.25, 0.3) is 11.1 Å². The van der Waals surface area contributed by atoms with Crippen molar-refractivity contribution in [1.82, 2.24) is 0 Å². The molecule has 0 aliphatic heterocycles. The first kappa shape index (κ1) is 58.8. The number of hydrogen-bond donors (Lipinski definition) is 2. The van der Waals surface area contributed by atoms with E-state index in [4.69, 9.17) is 9.31 Å². The van der Waals surface area contributed by atoms with Gasteiger partial charge in [-0.15, -0.1) is 0 Å². The summed E-state index contributed by atoms with van der Waals surface area (Å²) in [6.07, 6.45) is 43.4. The average molecular weight is 959 g/mol. The van der Waals surface area contributed by atoms with Gasteiger partial charge in [0.05, 0.1) is 22.4 Å². The summed E-state index contributed by atoms with van der Waals surface area (Å²) in [5.74, 6) is 0.659. The number of fused-ring (bicyclic) bond motifs is 6. The van der Waals surface area contributed by atoms with Crippen LogP contribution in [0.1, 0.15) is 291 Å². The van der Waals surface area contributed by atoms with Crippen molar-refractivity contribution in [2.24, 2.45) is 5.92 Å². The van der Waals surface area contributed by atoms with Crippen LogP contribution in [-0.4, -0.2) is 47.6 Å². The van der Waals surface area contributed by atoms with Gasteiger partial charge in [0, 0.05) is 16.7 Å². The molecule has 2 atom stereocenters. The highest BCUT2D eigenvalue weighted by atomic mass is 16.5. The van der Waals surface area contributed by atoms with E-state index in [-0.39, 0.29) is 10.8 Å². The molecule has 0 heterocycles. The summed E-state index contributed by atoms with van der Waals surface area (Å²) in [5, 5.41) is 22.1. The third-order valence-electron chi connectivity index (χ3n) is 18.1. The molecule has 0 bridgehead atoms. The number of benzene rings is 2. The number of aliphatic hydroxyl groups is 2. The monoisotopic (exact) mass is 959 g/mol. The van der Waals surface area contributed by atoms with E-state index < -0.39 is 22.4 Å². The second-order valence-corrected chi connectivity index (χ2v) is 24.8. The van der Waals surface area contributed by atoms with Crippen LogP contribution in [0.3, 0.4) is 0 Å². The van der Waals surface area contributed by atoms with E-state index in [9.17, 15) is 10.2 Å². The first-order valence-electron chi connectivity index (χ1n) is 29.5. The molecule has 0 saturated heterocycles. The topological polar surface area (TPSA) is 58.9 Å². The van der Waals surface area contributed by atoms with Crippen molar-refractivity contribution in [3.63, 3.8) is 0 Å². The van der Waals surface area contributed by atoms with Crippen LogP contribution >= 0.6 is 0 Å². The van der Waals surface area contributed by atoms with Crippen LogP contribution in [0, 0.1) is 5.92 Å². The van der Waals surface area contributed by atoms with Crippen LogP contribution < -0.4 is 5.46 Å². The van der Waals surface area contributed by atoms with Gasteiger partial charge in [-0.2, -0.15) is 0 Å². The standard InChI is InChI=1S/C64H104B2O4/c1-13-17-21-25-29-33-41-63(42-34-30-26-22-18-14-2)55-45-49(65-69-61(9,10)59(5,6)67)37-39-51(55)53-48-58-54(47-57(53)63)52-40-38-50(66-70-62(11,12)60(7,8)68)46-56(52)64(58,43-35-31-27-23-19-15-3)44-36-32-28-24-20-16-4/h37-40,45-48,51,55,67-68H,13-36,41-44H2,1-12H3. The zero-order chi connectivity index (χ0) is 51.1. The van der Waals surface area contributed by atoms with Gasteiger partial charge >= 0.3 is 15.0 Å². The summed E-state index contributed by atoms with van der Waals surface area (Å²) in [7, 11) is 3.88. The Kier molecular flexibility index (Phi) is 22.6. The Morgan fingerprint density at radius 2 is 0.914 bits per heavy atom. The van der Waals surface area contributed by atoms with Gasteiger partial charge in [-0.25, -0.2) is 0 Å². The van der Waals surface area contributed by atoms with E-state index in [1.165, 1.54) is 196 Å². The Bertz CT molecular complexity index is 1910. The molecule has 0 aromatic heterocycles. The van der Waals surface area contributed by atoms with Gasteiger partial charge in [0.2, 0.25) is 0 Å². The highest BCUT2D eigenvalue weighted by molar-refractivity contribution is 6.47. The third kappa shape index (κ3) is 14.6. The lowest BCUT2D eigenvalue weighted by atomic mass is 9.63. The summed E-state index contributed by atoms with van der Waals surface area (Å²) in [6.45, 7) is 24.7. The molecule has 3 aliphatic carbocycles. The SMILES string of the molecule is CCCCCCCCC1(CCCCCCCC)c2cc([B]OC(C)(C)C(C)(C)O)ccc2-c2cc3c(cc21)C1C=CC([B]OC(C)(C)C(C)(C)O)=CC1C3(CCCCCCCC)CCCCCCCC. The average Bonchev–Trinajstić information content (AvgIpc) is 3.73. The minimum Gasteiger partial charge on any atom is -0.427 e. The van der Waals surface area contributed by atoms with E-state index in [1.54, 1.807) is 16.7 Å². The number of unbranched alkanes of at least 4 members (excludes halogenated alkanes) is 20. The lowest BCUT2D eigenvalue weighted by Gasteiger charge is -2.40. The summed E-state index contributed by atoms with van der Waals surface area (Å²) in [5.41, 5.74) is 7.92. The lowest BCUT2D eigenvalue weighted by Crippen LogP contribution is -2.49. The molecular weight excluding hydrogens is 854 g/mol. The van der Waals surface area contributed by atoms with E-state index in [0.717, 1.165) is 10.9 Å². The second-order valence-electron chi connectivity index (χ2n) is 24.8. The molecule has 0 fully saturated rings. The second kappa shape index (κ2) is 26.9. The summed E-state index contributed by atoms with van der Waals surface area (Å²) < 4.78 is 13.0. The van der Waals surface area contributed by atoms with Gasteiger partial charge in [0.15, 0.2) is 0 Å². The highest BCUT2D eigenvalue weighted by Crippen LogP contribution is 2.63. The summed E-state index contributed by atoms with van der Waals surface area (Å²) in [6, 6.07) is 12.8. The molecule has 390 valence electrons. The van der Waals surface area contributed by atoms with Gasteiger partial charge < -0.3 is 19.5 Å².